The zero-order chi connectivity index (χ0) is 18.4. The van der Waals surface area contributed by atoms with Crippen LogP contribution in [0.2, 0.25) is 0 Å². The second kappa shape index (κ2) is 8.85. The van der Waals surface area contributed by atoms with E-state index in [0.29, 0.717) is 12.1 Å². The van der Waals surface area contributed by atoms with Gasteiger partial charge < -0.3 is 19.7 Å². The summed E-state index contributed by atoms with van der Waals surface area (Å²) >= 11 is 0. The first-order valence-corrected chi connectivity index (χ1v) is 9.22. The Morgan fingerprint density at radius 3 is 2.58 bits per heavy atom. The average molecular weight is 358 g/mol. The summed E-state index contributed by atoms with van der Waals surface area (Å²) in [5.41, 5.74) is 1.80. The summed E-state index contributed by atoms with van der Waals surface area (Å²) in [6, 6.07) is 7.68. The highest BCUT2D eigenvalue weighted by molar-refractivity contribution is 5.95. The maximum atomic E-state index is 12.3. The molecule has 0 aromatic heterocycles. The quantitative estimate of drug-likeness (QED) is 0.647. The highest BCUT2D eigenvalue weighted by Crippen LogP contribution is 2.21. The lowest BCUT2D eigenvalue weighted by molar-refractivity contribution is -0.157. The summed E-state index contributed by atoms with van der Waals surface area (Å²) in [6.45, 7) is 4.81. The molecule has 1 heterocycles. The SMILES string of the molecule is C[C@@H](OC(=O)[C@@H]1CC=CCC1)C(=O)Nc1ccc(N2CCOCC2)cc1. The number of morpholine rings is 1. The van der Waals surface area contributed by atoms with Crippen LogP contribution in [0.25, 0.3) is 0 Å². The van der Waals surface area contributed by atoms with Crippen molar-refractivity contribution in [1.82, 2.24) is 0 Å². The van der Waals surface area contributed by atoms with E-state index in [9.17, 15) is 9.59 Å². The first kappa shape index (κ1) is 18.5. The molecule has 26 heavy (non-hydrogen) atoms. The number of hydrogen-bond acceptors (Lipinski definition) is 5. The average Bonchev–Trinajstić information content (AvgIpc) is 2.70. The molecule has 1 fully saturated rings. The summed E-state index contributed by atoms with van der Waals surface area (Å²) < 4.78 is 10.7. The van der Waals surface area contributed by atoms with Crippen LogP contribution >= 0.6 is 0 Å². The van der Waals surface area contributed by atoms with Gasteiger partial charge in [0.05, 0.1) is 19.1 Å². The lowest BCUT2D eigenvalue weighted by Gasteiger charge is -2.29. The van der Waals surface area contributed by atoms with Gasteiger partial charge in [-0.1, -0.05) is 12.2 Å². The number of nitrogens with zero attached hydrogens (tertiary/aromatic N) is 1. The van der Waals surface area contributed by atoms with Crippen molar-refractivity contribution in [2.24, 2.45) is 5.92 Å². The molecule has 1 aromatic rings. The van der Waals surface area contributed by atoms with Crippen LogP contribution in [0.4, 0.5) is 11.4 Å². The zero-order valence-electron chi connectivity index (χ0n) is 15.1. The normalized spacial score (nSPS) is 21.1. The minimum absolute atomic E-state index is 0.136. The van der Waals surface area contributed by atoms with Crippen LogP contribution in [0.15, 0.2) is 36.4 Å². The van der Waals surface area contributed by atoms with Crippen LogP contribution in [0.3, 0.4) is 0 Å². The Hall–Kier alpha value is -2.34. The van der Waals surface area contributed by atoms with Crippen LogP contribution in [0.5, 0.6) is 0 Å². The van der Waals surface area contributed by atoms with Crippen molar-refractivity contribution in [3.8, 4) is 0 Å². The van der Waals surface area contributed by atoms with Gasteiger partial charge in [0.15, 0.2) is 6.10 Å². The lowest BCUT2D eigenvalue weighted by atomic mass is 9.95. The van der Waals surface area contributed by atoms with E-state index in [-0.39, 0.29) is 17.8 Å². The summed E-state index contributed by atoms with van der Waals surface area (Å²) in [4.78, 5) is 26.7. The van der Waals surface area contributed by atoms with Gasteiger partial charge >= 0.3 is 5.97 Å². The van der Waals surface area contributed by atoms with E-state index in [1.54, 1.807) is 6.92 Å². The van der Waals surface area contributed by atoms with Crippen LogP contribution in [0.1, 0.15) is 26.2 Å². The smallest absolute Gasteiger partial charge is 0.310 e. The molecule has 3 rings (SSSR count). The molecule has 2 aliphatic rings. The standard InChI is InChI=1S/C20H26N2O4/c1-15(26-20(24)16-5-3-2-4-6-16)19(23)21-17-7-9-18(10-8-17)22-11-13-25-14-12-22/h2-3,7-10,15-16H,4-6,11-14H2,1H3,(H,21,23)/t15-,16-/m1/s1. The number of carbonyl (C=O) groups is 2. The minimum Gasteiger partial charge on any atom is -0.452 e. The van der Waals surface area contributed by atoms with Gasteiger partial charge in [-0.3, -0.25) is 9.59 Å². The van der Waals surface area contributed by atoms with E-state index in [4.69, 9.17) is 9.47 Å². The van der Waals surface area contributed by atoms with Crippen LogP contribution in [0, 0.1) is 5.92 Å². The molecule has 6 heteroatoms. The van der Waals surface area contributed by atoms with Crippen LogP contribution < -0.4 is 10.2 Å². The van der Waals surface area contributed by atoms with Gasteiger partial charge in [0.25, 0.3) is 5.91 Å². The van der Waals surface area contributed by atoms with Crippen molar-refractivity contribution in [3.63, 3.8) is 0 Å². The molecule has 0 saturated carbocycles. The number of esters is 1. The fourth-order valence-electron chi connectivity index (χ4n) is 3.15. The molecule has 1 amide bonds. The maximum absolute atomic E-state index is 12.3. The predicted molar refractivity (Wildman–Crippen MR) is 100 cm³/mol. The van der Waals surface area contributed by atoms with Gasteiger partial charge in [0.2, 0.25) is 0 Å². The number of nitrogens with one attached hydrogen (secondary N) is 1. The van der Waals surface area contributed by atoms with Crippen molar-refractivity contribution in [1.29, 1.82) is 0 Å². The number of allylic oxidation sites excluding steroid dienone is 2. The number of rotatable bonds is 5. The van der Waals surface area contributed by atoms with Gasteiger partial charge in [0.1, 0.15) is 0 Å². The van der Waals surface area contributed by atoms with E-state index in [1.165, 1.54) is 0 Å². The van der Waals surface area contributed by atoms with Gasteiger partial charge in [-0.2, -0.15) is 0 Å². The number of benzene rings is 1. The topological polar surface area (TPSA) is 67.9 Å². The first-order chi connectivity index (χ1) is 12.6. The number of carbonyl (C=O) groups excluding carboxylic acids is 2. The molecule has 0 radical (unpaired) electrons. The minimum atomic E-state index is -0.813. The summed E-state index contributed by atoms with van der Waals surface area (Å²) in [6.07, 6.45) is 5.61. The second-order valence-electron chi connectivity index (χ2n) is 6.70. The monoisotopic (exact) mass is 358 g/mol. The Morgan fingerprint density at radius 1 is 1.19 bits per heavy atom. The highest BCUT2D eigenvalue weighted by atomic mass is 16.5. The Kier molecular flexibility index (Phi) is 6.28. The fourth-order valence-corrected chi connectivity index (χ4v) is 3.15. The van der Waals surface area contributed by atoms with Gasteiger partial charge in [-0.25, -0.2) is 0 Å². The predicted octanol–water partition coefficient (Wildman–Crippen LogP) is 2.75. The van der Waals surface area contributed by atoms with Crippen LogP contribution in [-0.2, 0) is 19.1 Å². The summed E-state index contributed by atoms with van der Waals surface area (Å²) in [5.74, 6) is -0.744. The lowest BCUT2D eigenvalue weighted by Crippen LogP contribution is -2.36. The molecular weight excluding hydrogens is 332 g/mol. The van der Waals surface area contributed by atoms with E-state index < -0.39 is 6.10 Å². The number of amides is 1. The molecule has 1 aliphatic heterocycles. The van der Waals surface area contributed by atoms with Crippen molar-refractivity contribution < 1.29 is 19.1 Å². The third-order valence-electron chi connectivity index (χ3n) is 4.78. The fraction of sp³-hybridized carbons (Fsp3) is 0.500. The Bertz CT molecular complexity index is 650. The molecule has 1 saturated heterocycles. The van der Waals surface area contributed by atoms with E-state index >= 15 is 0 Å². The zero-order valence-corrected chi connectivity index (χ0v) is 15.1. The second-order valence-corrected chi connectivity index (χ2v) is 6.70. The van der Waals surface area contributed by atoms with Crippen molar-refractivity contribution in [3.05, 3.63) is 36.4 Å². The summed E-state index contributed by atoms with van der Waals surface area (Å²) in [5, 5.41) is 2.81. The molecule has 6 nitrogen and oxygen atoms in total. The van der Waals surface area contributed by atoms with Crippen molar-refractivity contribution in [2.45, 2.75) is 32.3 Å². The number of hydrogen-bond donors (Lipinski definition) is 1. The molecule has 1 aliphatic carbocycles. The van der Waals surface area contributed by atoms with Gasteiger partial charge in [0, 0.05) is 24.5 Å². The molecular formula is C20H26N2O4. The Labute approximate surface area is 154 Å². The largest absolute Gasteiger partial charge is 0.452 e. The molecule has 0 unspecified atom stereocenters. The van der Waals surface area contributed by atoms with Crippen molar-refractivity contribution >= 4 is 23.3 Å². The number of anilines is 2. The molecule has 1 aromatic carbocycles. The Morgan fingerprint density at radius 2 is 1.92 bits per heavy atom. The first-order valence-electron chi connectivity index (χ1n) is 9.22. The van der Waals surface area contributed by atoms with E-state index in [0.717, 1.165) is 44.8 Å². The van der Waals surface area contributed by atoms with Crippen molar-refractivity contribution in [2.75, 3.05) is 36.5 Å². The third kappa shape index (κ3) is 4.85. The van der Waals surface area contributed by atoms with Gasteiger partial charge in [-0.15, -0.1) is 0 Å². The summed E-state index contributed by atoms with van der Waals surface area (Å²) in [7, 11) is 0. The molecule has 2 atom stereocenters. The third-order valence-corrected chi connectivity index (χ3v) is 4.78. The van der Waals surface area contributed by atoms with E-state index in [2.05, 4.69) is 16.3 Å². The molecule has 140 valence electrons. The van der Waals surface area contributed by atoms with E-state index in [1.807, 2.05) is 30.3 Å². The van der Waals surface area contributed by atoms with Gasteiger partial charge in [-0.05, 0) is 50.5 Å². The Balaban J connectivity index is 1.50. The molecule has 1 N–H and O–H groups in total. The molecule has 0 bridgehead atoms. The molecule has 0 spiro atoms. The maximum Gasteiger partial charge on any atom is 0.310 e. The number of ether oxygens (including phenoxy) is 2. The van der Waals surface area contributed by atoms with Crippen LogP contribution in [-0.4, -0.2) is 44.3 Å². The highest BCUT2D eigenvalue weighted by Gasteiger charge is 2.25.